The van der Waals surface area contributed by atoms with Gasteiger partial charge in [0.2, 0.25) is 0 Å². The van der Waals surface area contributed by atoms with E-state index in [9.17, 15) is 25.0 Å². The third-order valence-corrected chi connectivity index (χ3v) is 6.07. The van der Waals surface area contributed by atoms with E-state index in [2.05, 4.69) is 0 Å². The van der Waals surface area contributed by atoms with Crippen molar-refractivity contribution in [1.29, 1.82) is 0 Å². The van der Waals surface area contributed by atoms with Gasteiger partial charge in [-0.25, -0.2) is 0 Å². The molecule has 0 atom stereocenters. The molecule has 9 nitrogen and oxygen atoms in total. The van der Waals surface area contributed by atoms with Crippen LogP contribution in [0.4, 0.5) is 17.1 Å². The average molecular weight is 467 g/mol. The molecule has 3 aromatic rings. The molecule has 1 aromatic heterocycles. The highest BCUT2D eigenvalue weighted by atomic mass is 32.2. The molecule has 160 valence electrons. The van der Waals surface area contributed by atoms with Gasteiger partial charge in [0, 0.05) is 35.7 Å². The number of non-ortho nitro benzene ring substituents is 1. The molecule has 0 radical (unpaired) electrons. The second-order valence-electron chi connectivity index (χ2n) is 6.74. The van der Waals surface area contributed by atoms with E-state index >= 15 is 0 Å². The number of benzene rings is 2. The number of nitrogens with zero attached hydrogens (tertiary/aromatic N) is 4. The predicted molar refractivity (Wildman–Crippen MR) is 125 cm³/mol. The molecule has 1 saturated heterocycles. The second-order valence-corrected chi connectivity index (χ2v) is 8.42. The number of nitro benzene ring substituents is 2. The normalized spacial score (nSPS) is 14.9. The van der Waals surface area contributed by atoms with E-state index in [0.29, 0.717) is 21.8 Å². The summed E-state index contributed by atoms with van der Waals surface area (Å²) in [6.07, 6.45) is 3.43. The van der Waals surface area contributed by atoms with E-state index in [1.807, 2.05) is 0 Å². The van der Waals surface area contributed by atoms with Gasteiger partial charge in [-0.05, 0) is 24.3 Å². The Kier molecular flexibility index (Phi) is 5.84. The first-order valence-corrected chi connectivity index (χ1v) is 10.5. The Balaban J connectivity index is 1.63. The van der Waals surface area contributed by atoms with E-state index in [0.717, 1.165) is 11.8 Å². The zero-order valence-corrected chi connectivity index (χ0v) is 17.9. The number of aromatic nitrogens is 1. The summed E-state index contributed by atoms with van der Waals surface area (Å²) < 4.78 is 2.06. The van der Waals surface area contributed by atoms with Crippen molar-refractivity contribution in [2.75, 3.05) is 4.90 Å². The van der Waals surface area contributed by atoms with Gasteiger partial charge in [-0.3, -0.25) is 29.9 Å². The van der Waals surface area contributed by atoms with Gasteiger partial charge in [0.25, 0.3) is 17.3 Å². The van der Waals surface area contributed by atoms with Gasteiger partial charge >= 0.3 is 0 Å². The number of thiocarbonyl (C=S) groups is 1. The second kappa shape index (κ2) is 8.73. The Morgan fingerprint density at radius 1 is 1.00 bits per heavy atom. The number of hydrogen-bond donors (Lipinski definition) is 0. The van der Waals surface area contributed by atoms with Gasteiger partial charge < -0.3 is 4.57 Å². The highest BCUT2D eigenvalue weighted by Crippen LogP contribution is 2.37. The third-order valence-electron chi connectivity index (χ3n) is 4.77. The highest BCUT2D eigenvalue weighted by Gasteiger charge is 2.34. The Labute approximate surface area is 191 Å². The van der Waals surface area contributed by atoms with Crippen LogP contribution in [0.15, 0.2) is 71.8 Å². The molecular formula is C21H14N4O5S2. The number of anilines is 1. The summed E-state index contributed by atoms with van der Waals surface area (Å²) in [7, 11) is 0. The van der Waals surface area contributed by atoms with Gasteiger partial charge in [-0.1, -0.05) is 48.2 Å². The lowest BCUT2D eigenvalue weighted by molar-refractivity contribution is -0.385. The van der Waals surface area contributed by atoms with Crippen molar-refractivity contribution < 1.29 is 14.6 Å². The van der Waals surface area contributed by atoms with Crippen molar-refractivity contribution in [2.24, 2.45) is 0 Å². The van der Waals surface area contributed by atoms with Crippen LogP contribution in [0.5, 0.6) is 0 Å². The van der Waals surface area contributed by atoms with E-state index in [1.54, 1.807) is 53.2 Å². The molecule has 0 bridgehead atoms. The molecule has 2 heterocycles. The van der Waals surface area contributed by atoms with Crippen LogP contribution in [0.1, 0.15) is 11.3 Å². The molecular weight excluding hydrogens is 452 g/mol. The number of para-hydroxylation sites is 1. The zero-order valence-electron chi connectivity index (χ0n) is 16.3. The van der Waals surface area contributed by atoms with Crippen molar-refractivity contribution in [3.8, 4) is 0 Å². The van der Waals surface area contributed by atoms with Crippen LogP contribution < -0.4 is 4.90 Å². The molecule has 32 heavy (non-hydrogen) atoms. The first kappa shape index (κ1) is 21.4. The fourth-order valence-electron chi connectivity index (χ4n) is 3.28. The van der Waals surface area contributed by atoms with Crippen LogP contribution in [-0.4, -0.2) is 24.6 Å². The summed E-state index contributed by atoms with van der Waals surface area (Å²) in [6.45, 7) is 0.251. The summed E-state index contributed by atoms with van der Waals surface area (Å²) in [5, 5.41) is 22.4. The van der Waals surface area contributed by atoms with Crippen LogP contribution in [0.3, 0.4) is 0 Å². The molecule has 2 aromatic carbocycles. The van der Waals surface area contributed by atoms with Gasteiger partial charge in [-0.2, -0.15) is 0 Å². The summed E-state index contributed by atoms with van der Waals surface area (Å²) >= 11 is 6.43. The lowest BCUT2D eigenvalue weighted by Gasteiger charge is -2.14. The standard InChI is InChI=1S/C21H14N4O5S2/c26-20-19(32-21(31)23(20)16-6-3-7-17(11-16)24(27)28)12-15-8-4-10-22(15)13-14-5-1-2-9-18(14)25(29)30/h1-12H,13H2/b19-12-. The molecule has 1 fully saturated rings. The van der Waals surface area contributed by atoms with Gasteiger partial charge in [0.05, 0.1) is 27.0 Å². The first-order chi connectivity index (χ1) is 15.3. The maximum Gasteiger partial charge on any atom is 0.274 e. The van der Waals surface area contributed by atoms with Crippen molar-refractivity contribution in [1.82, 2.24) is 4.57 Å². The molecule has 11 heteroatoms. The van der Waals surface area contributed by atoms with E-state index < -0.39 is 9.85 Å². The smallest absolute Gasteiger partial charge is 0.274 e. The van der Waals surface area contributed by atoms with Crippen LogP contribution in [0.25, 0.3) is 6.08 Å². The minimum absolute atomic E-state index is 0.0177. The number of thioether (sulfide) groups is 1. The number of carbonyl (C=O) groups excluding carboxylic acids is 1. The highest BCUT2D eigenvalue weighted by molar-refractivity contribution is 8.27. The molecule has 1 aliphatic heterocycles. The van der Waals surface area contributed by atoms with Crippen LogP contribution in [0, 0.1) is 20.2 Å². The summed E-state index contributed by atoms with van der Waals surface area (Å²) in [5.74, 6) is -0.390. The van der Waals surface area contributed by atoms with Crippen molar-refractivity contribution >= 4 is 57.3 Å². The van der Waals surface area contributed by atoms with E-state index in [-0.39, 0.29) is 28.1 Å². The van der Waals surface area contributed by atoms with E-state index in [4.69, 9.17) is 12.2 Å². The summed E-state index contributed by atoms with van der Waals surface area (Å²) in [6, 6.07) is 15.7. The lowest BCUT2D eigenvalue weighted by atomic mass is 10.2. The minimum atomic E-state index is -0.535. The van der Waals surface area contributed by atoms with Gasteiger partial charge in [0.15, 0.2) is 4.32 Å². The van der Waals surface area contributed by atoms with Crippen molar-refractivity contribution in [3.63, 3.8) is 0 Å². The Morgan fingerprint density at radius 2 is 1.78 bits per heavy atom. The van der Waals surface area contributed by atoms with Crippen LogP contribution in [0.2, 0.25) is 0 Å². The van der Waals surface area contributed by atoms with Gasteiger partial charge in [-0.15, -0.1) is 0 Å². The molecule has 4 rings (SSSR count). The molecule has 0 spiro atoms. The maximum atomic E-state index is 13.0. The third kappa shape index (κ3) is 4.15. The monoisotopic (exact) mass is 466 g/mol. The Morgan fingerprint density at radius 3 is 2.53 bits per heavy atom. The molecule has 0 saturated carbocycles. The molecule has 1 amide bonds. The van der Waals surface area contributed by atoms with Crippen molar-refractivity contribution in [3.05, 3.63) is 103 Å². The number of carbonyl (C=O) groups is 1. The van der Waals surface area contributed by atoms with Gasteiger partial charge in [0.1, 0.15) is 0 Å². The predicted octanol–water partition coefficient (Wildman–Crippen LogP) is 4.76. The van der Waals surface area contributed by atoms with Crippen LogP contribution in [-0.2, 0) is 11.3 Å². The van der Waals surface area contributed by atoms with Crippen LogP contribution >= 0.6 is 24.0 Å². The molecule has 0 unspecified atom stereocenters. The quantitative estimate of drug-likeness (QED) is 0.223. The lowest BCUT2D eigenvalue weighted by Crippen LogP contribution is -2.27. The fourth-order valence-corrected chi connectivity index (χ4v) is 4.56. The first-order valence-electron chi connectivity index (χ1n) is 9.25. The fraction of sp³-hybridized carbons (Fsp3) is 0.0476. The number of rotatable bonds is 6. The number of amides is 1. The van der Waals surface area contributed by atoms with E-state index in [1.165, 1.54) is 29.2 Å². The molecule has 0 aliphatic carbocycles. The number of nitro groups is 2. The topological polar surface area (TPSA) is 112 Å². The number of hydrogen-bond acceptors (Lipinski definition) is 7. The SMILES string of the molecule is O=C1/C(=C/c2cccn2Cc2ccccc2[N+](=O)[O-])SC(=S)N1c1cccc([N+](=O)[O-])c1. The average Bonchev–Trinajstić information content (AvgIpc) is 3.31. The largest absolute Gasteiger partial charge is 0.343 e. The molecule has 0 N–H and O–H groups in total. The van der Waals surface area contributed by atoms with Crippen molar-refractivity contribution in [2.45, 2.75) is 6.54 Å². The minimum Gasteiger partial charge on any atom is -0.343 e. The Hall–Kier alpha value is -3.83. The zero-order chi connectivity index (χ0) is 22.8. The summed E-state index contributed by atoms with van der Waals surface area (Å²) in [4.78, 5) is 36.0. The Bertz CT molecular complexity index is 1300. The summed E-state index contributed by atoms with van der Waals surface area (Å²) in [5.41, 5.74) is 1.40. The molecule has 1 aliphatic rings. The maximum absolute atomic E-state index is 13.0.